The van der Waals surface area contributed by atoms with E-state index in [2.05, 4.69) is 18.7 Å². The molecule has 1 aliphatic rings. The van der Waals surface area contributed by atoms with Crippen LogP contribution in [0, 0.1) is 11.8 Å². The third-order valence-corrected chi connectivity index (χ3v) is 2.98. The van der Waals surface area contributed by atoms with Crippen LogP contribution in [0.3, 0.4) is 0 Å². The van der Waals surface area contributed by atoms with Gasteiger partial charge in [-0.05, 0) is 31.1 Å². The highest BCUT2D eigenvalue weighted by Crippen LogP contribution is 2.23. The number of hydrogen-bond donors (Lipinski definition) is 0. The molecule has 0 N–H and O–H groups in total. The van der Waals surface area contributed by atoms with E-state index >= 15 is 0 Å². The van der Waals surface area contributed by atoms with E-state index in [0.29, 0.717) is 12.3 Å². The van der Waals surface area contributed by atoms with E-state index in [1.807, 2.05) is 6.92 Å². The average Bonchev–Trinajstić information content (AvgIpc) is 2.16. The van der Waals surface area contributed by atoms with Crippen LogP contribution in [0.4, 0.5) is 0 Å². The van der Waals surface area contributed by atoms with Gasteiger partial charge in [-0.1, -0.05) is 20.8 Å². The Labute approximate surface area is 87.7 Å². The van der Waals surface area contributed by atoms with Gasteiger partial charge < -0.3 is 4.90 Å². The van der Waals surface area contributed by atoms with Gasteiger partial charge in [-0.15, -0.1) is 0 Å². The van der Waals surface area contributed by atoms with Crippen molar-refractivity contribution >= 4 is 5.91 Å². The molecule has 0 aliphatic carbocycles. The maximum absolute atomic E-state index is 11.5. The Morgan fingerprint density at radius 1 is 1.50 bits per heavy atom. The van der Waals surface area contributed by atoms with E-state index in [1.165, 1.54) is 19.3 Å². The summed E-state index contributed by atoms with van der Waals surface area (Å²) in [5.74, 6) is 1.84. The fraction of sp³-hybridized carbons (Fsp3) is 0.917. The lowest BCUT2D eigenvalue weighted by atomic mass is 9.89. The molecule has 2 heteroatoms. The van der Waals surface area contributed by atoms with Gasteiger partial charge in [0.05, 0.1) is 0 Å². The van der Waals surface area contributed by atoms with Crippen molar-refractivity contribution in [3.05, 3.63) is 0 Å². The lowest BCUT2D eigenvalue weighted by molar-refractivity contribution is -0.132. The summed E-state index contributed by atoms with van der Waals surface area (Å²) in [5, 5.41) is 0. The first-order valence-corrected chi connectivity index (χ1v) is 5.91. The van der Waals surface area contributed by atoms with Crippen LogP contribution in [0.1, 0.15) is 46.5 Å². The van der Waals surface area contributed by atoms with Crippen molar-refractivity contribution in [3.8, 4) is 0 Å². The van der Waals surface area contributed by atoms with Gasteiger partial charge in [0.2, 0.25) is 5.91 Å². The second kappa shape index (κ2) is 5.38. The van der Waals surface area contributed by atoms with Gasteiger partial charge in [-0.3, -0.25) is 4.79 Å². The summed E-state index contributed by atoms with van der Waals surface area (Å²) < 4.78 is 0. The molecule has 1 aliphatic heterocycles. The summed E-state index contributed by atoms with van der Waals surface area (Å²) in [4.78, 5) is 13.6. The summed E-state index contributed by atoms with van der Waals surface area (Å²) in [6.07, 6.45) is 4.44. The van der Waals surface area contributed by atoms with Crippen LogP contribution in [-0.2, 0) is 4.79 Å². The van der Waals surface area contributed by atoms with Crippen LogP contribution in [0.25, 0.3) is 0 Å². The lowest BCUT2D eigenvalue weighted by Gasteiger charge is -2.33. The van der Waals surface area contributed by atoms with E-state index in [4.69, 9.17) is 0 Å². The average molecular weight is 197 g/mol. The number of rotatable bonds is 3. The zero-order valence-electron chi connectivity index (χ0n) is 9.75. The summed E-state index contributed by atoms with van der Waals surface area (Å²) in [7, 11) is 0. The summed E-state index contributed by atoms with van der Waals surface area (Å²) in [6.45, 7) is 8.47. The molecule has 1 fully saturated rings. The minimum Gasteiger partial charge on any atom is -0.342 e. The molecule has 0 aromatic rings. The molecule has 2 nitrogen and oxygen atoms in total. The van der Waals surface area contributed by atoms with Crippen LogP contribution in [0.15, 0.2) is 0 Å². The SMILES string of the molecule is CCC(=O)N1CCCC(CC(C)C)C1. The highest BCUT2D eigenvalue weighted by atomic mass is 16.2. The van der Waals surface area contributed by atoms with E-state index in [-0.39, 0.29) is 0 Å². The molecule has 0 radical (unpaired) electrons. The Balaban J connectivity index is 2.39. The van der Waals surface area contributed by atoms with E-state index < -0.39 is 0 Å². The Morgan fingerprint density at radius 2 is 2.21 bits per heavy atom. The molecular formula is C12H23NO. The number of carbonyl (C=O) groups excluding carboxylic acids is 1. The topological polar surface area (TPSA) is 20.3 Å². The molecule has 0 aromatic carbocycles. The first kappa shape index (κ1) is 11.5. The molecule has 82 valence electrons. The van der Waals surface area contributed by atoms with Crippen molar-refractivity contribution in [1.29, 1.82) is 0 Å². The van der Waals surface area contributed by atoms with Gasteiger partial charge >= 0.3 is 0 Å². The van der Waals surface area contributed by atoms with Crippen LogP contribution >= 0.6 is 0 Å². The smallest absolute Gasteiger partial charge is 0.222 e. The molecule has 1 atom stereocenters. The van der Waals surface area contributed by atoms with Gasteiger partial charge in [0.15, 0.2) is 0 Å². The number of amides is 1. The third kappa shape index (κ3) is 3.32. The minimum atomic E-state index is 0.332. The maximum atomic E-state index is 11.5. The molecule has 1 saturated heterocycles. The van der Waals surface area contributed by atoms with Crippen molar-refractivity contribution < 1.29 is 4.79 Å². The van der Waals surface area contributed by atoms with E-state index in [0.717, 1.165) is 24.9 Å². The number of nitrogens with zero attached hydrogens (tertiary/aromatic N) is 1. The molecule has 0 spiro atoms. The van der Waals surface area contributed by atoms with Gasteiger partial charge in [0.25, 0.3) is 0 Å². The predicted octanol–water partition coefficient (Wildman–Crippen LogP) is 2.68. The zero-order valence-corrected chi connectivity index (χ0v) is 9.75. The highest BCUT2D eigenvalue weighted by molar-refractivity contribution is 5.75. The van der Waals surface area contributed by atoms with Crippen molar-refractivity contribution in [2.75, 3.05) is 13.1 Å². The monoisotopic (exact) mass is 197 g/mol. The molecule has 0 aromatic heterocycles. The van der Waals surface area contributed by atoms with E-state index in [1.54, 1.807) is 0 Å². The van der Waals surface area contributed by atoms with Crippen molar-refractivity contribution in [2.45, 2.75) is 46.5 Å². The van der Waals surface area contributed by atoms with E-state index in [9.17, 15) is 4.79 Å². The Morgan fingerprint density at radius 3 is 2.79 bits per heavy atom. The quantitative estimate of drug-likeness (QED) is 0.681. The predicted molar refractivity (Wildman–Crippen MR) is 59.1 cm³/mol. The third-order valence-electron chi connectivity index (χ3n) is 2.98. The summed E-state index contributed by atoms with van der Waals surface area (Å²) >= 11 is 0. The van der Waals surface area contributed by atoms with Crippen LogP contribution in [0.2, 0.25) is 0 Å². The standard InChI is InChI=1S/C12H23NO/c1-4-12(14)13-7-5-6-11(9-13)8-10(2)3/h10-11H,4-9H2,1-3H3. The van der Waals surface area contributed by atoms with Gasteiger partial charge in [0, 0.05) is 19.5 Å². The van der Waals surface area contributed by atoms with Crippen LogP contribution in [0.5, 0.6) is 0 Å². The van der Waals surface area contributed by atoms with Crippen molar-refractivity contribution in [2.24, 2.45) is 11.8 Å². The molecule has 14 heavy (non-hydrogen) atoms. The number of piperidine rings is 1. The van der Waals surface area contributed by atoms with Gasteiger partial charge in [-0.25, -0.2) is 0 Å². The normalized spacial score (nSPS) is 22.9. The minimum absolute atomic E-state index is 0.332. The molecule has 1 rings (SSSR count). The van der Waals surface area contributed by atoms with Gasteiger partial charge in [-0.2, -0.15) is 0 Å². The largest absolute Gasteiger partial charge is 0.342 e. The molecule has 1 heterocycles. The van der Waals surface area contributed by atoms with Crippen molar-refractivity contribution in [3.63, 3.8) is 0 Å². The molecular weight excluding hydrogens is 174 g/mol. The number of carbonyl (C=O) groups is 1. The Bertz CT molecular complexity index is 189. The fourth-order valence-electron chi connectivity index (χ4n) is 2.37. The van der Waals surface area contributed by atoms with Crippen LogP contribution in [-0.4, -0.2) is 23.9 Å². The van der Waals surface area contributed by atoms with Crippen LogP contribution < -0.4 is 0 Å². The number of hydrogen-bond acceptors (Lipinski definition) is 1. The first-order chi connectivity index (χ1) is 6.63. The molecule has 1 amide bonds. The Hall–Kier alpha value is -0.530. The molecule has 0 saturated carbocycles. The fourth-order valence-corrected chi connectivity index (χ4v) is 2.37. The van der Waals surface area contributed by atoms with Gasteiger partial charge in [0.1, 0.15) is 0 Å². The second-order valence-corrected chi connectivity index (χ2v) is 4.83. The second-order valence-electron chi connectivity index (χ2n) is 4.83. The lowest BCUT2D eigenvalue weighted by Crippen LogP contribution is -2.39. The molecule has 0 bridgehead atoms. The van der Waals surface area contributed by atoms with Crippen molar-refractivity contribution in [1.82, 2.24) is 4.90 Å². The summed E-state index contributed by atoms with van der Waals surface area (Å²) in [5.41, 5.74) is 0. The molecule has 1 unspecified atom stereocenters. The Kier molecular flexibility index (Phi) is 4.43. The zero-order chi connectivity index (χ0) is 10.6. The first-order valence-electron chi connectivity index (χ1n) is 5.91. The number of likely N-dealkylation sites (tertiary alicyclic amines) is 1. The highest BCUT2D eigenvalue weighted by Gasteiger charge is 2.22. The summed E-state index contributed by atoms with van der Waals surface area (Å²) in [6, 6.07) is 0. The maximum Gasteiger partial charge on any atom is 0.222 e.